The number of carbonyl (C=O) groups excluding carboxylic acids is 2. The van der Waals surface area contributed by atoms with E-state index in [-0.39, 0.29) is 19.6 Å². The first-order chi connectivity index (χ1) is 36.5. The van der Waals surface area contributed by atoms with Crippen LogP contribution in [0, 0.1) is 0 Å². The van der Waals surface area contributed by atoms with Gasteiger partial charge in [-0.15, -0.1) is 23.5 Å². The number of thioether (sulfide) groups is 2. The average Bonchev–Trinajstić information content (AvgIpc) is 3.43. The summed E-state index contributed by atoms with van der Waals surface area (Å²) in [5.41, 5.74) is 7.16. The zero-order chi connectivity index (χ0) is 53.7. The highest BCUT2D eigenvalue weighted by molar-refractivity contribution is 7.98. The molecule has 0 saturated heterocycles. The van der Waals surface area contributed by atoms with Crippen LogP contribution in [0.1, 0.15) is 66.9 Å². The molecule has 0 unspecified atom stereocenters. The highest BCUT2D eigenvalue weighted by Crippen LogP contribution is 2.35. The average molecular weight is 1080 g/mol. The summed E-state index contributed by atoms with van der Waals surface area (Å²) in [7, 11) is 6.46. The zero-order valence-electron chi connectivity index (χ0n) is 44.8. The topological polar surface area (TPSA) is 126 Å². The molecule has 0 radical (unpaired) electrons. The van der Waals surface area contributed by atoms with Gasteiger partial charge in [0.2, 0.25) is 0 Å². The van der Waals surface area contributed by atoms with Crippen LogP contribution in [0.25, 0.3) is 0 Å². The Morgan fingerprint density at radius 2 is 0.920 bits per heavy atom. The molecule has 0 aliphatic rings. The molecule has 0 N–H and O–H groups in total. The van der Waals surface area contributed by atoms with Gasteiger partial charge < -0.3 is 47.4 Å². The predicted molar refractivity (Wildman–Crippen MR) is 302 cm³/mol. The summed E-state index contributed by atoms with van der Waals surface area (Å²) in [4.78, 5) is 28.5. The van der Waals surface area contributed by atoms with Crippen molar-refractivity contribution in [3.05, 3.63) is 178 Å². The molecule has 0 aliphatic heterocycles. The second-order valence-corrected chi connectivity index (χ2v) is 26.1. The quantitative estimate of drug-likeness (QED) is 0.0135. The van der Waals surface area contributed by atoms with E-state index in [2.05, 4.69) is 43.9 Å². The van der Waals surface area contributed by atoms with Crippen molar-refractivity contribution in [1.29, 1.82) is 0 Å². The maximum Gasteiger partial charge on any atom is 0.342 e. The molecule has 15 heteroatoms. The van der Waals surface area contributed by atoms with Crippen molar-refractivity contribution in [2.45, 2.75) is 85.9 Å². The zero-order valence-corrected chi connectivity index (χ0v) is 47.4. The Hall–Kier alpha value is -5.78. The van der Waals surface area contributed by atoms with E-state index in [4.69, 9.17) is 47.4 Å². The highest BCUT2D eigenvalue weighted by Gasteiger charge is 2.25. The Bertz CT molecular complexity index is 2590. The second kappa shape index (κ2) is 33.3. The molecule has 0 saturated carbocycles. The number of aryl methyl sites for hydroxylation is 2. The predicted octanol–water partition coefficient (Wildman–Crippen LogP) is 13.5. The van der Waals surface area contributed by atoms with Gasteiger partial charge in [0.1, 0.15) is 34.1 Å². The van der Waals surface area contributed by atoms with E-state index in [1.54, 1.807) is 52.0 Å². The van der Waals surface area contributed by atoms with E-state index < -0.39 is 14.0 Å². The summed E-state index contributed by atoms with van der Waals surface area (Å²) < 4.78 is 54.9. The summed E-state index contributed by atoms with van der Waals surface area (Å²) in [6, 6.07) is 44.7. The number of ether oxygens (including phenoxy) is 10. The highest BCUT2D eigenvalue weighted by atomic mass is 32.2. The van der Waals surface area contributed by atoms with E-state index >= 15 is 0 Å². The summed E-state index contributed by atoms with van der Waals surface area (Å²) >= 11 is 3.36. The summed E-state index contributed by atoms with van der Waals surface area (Å²) in [6.45, 7) is 9.62. The molecule has 0 aliphatic carbocycles. The third kappa shape index (κ3) is 21.0. The third-order valence-corrected chi connectivity index (χ3v) is 15.4. The van der Waals surface area contributed by atoms with Crippen LogP contribution in [0.3, 0.4) is 0 Å². The summed E-state index contributed by atoms with van der Waals surface area (Å²) in [6.07, 6.45) is 3.18. The first-order valence-corrected chi connectivity index (χ1v) is 30.7. The molecule has 0 atom stereocenters. The fraction of sp³-hybridized carbons (Fsp3) is 0.367. The lowest BCUT2D eigenvalue weighted by molar-refractivity contribution is 0.0434. The Balaban J connectivity index is 0.000000280. The number of rotatable bonds is 31. The maximum absolute atomic E-state index is 13.5. The van der Waals surface area contributed by atoms with Crippen molar-refractivity contribution >= 4 is 43.5 Å². The van der Waals surface area contributed by atoms with Crippen molar-refractivity contribution in [3.63, 3.8) is 0 Å². The lowest BCUT2D eigenvalue weighted by atomic mass is 9.97. The van der Waals surface area contributed by atoms with Gasteiger partial charge in [-0.25, -0.2) is 9.59 Å². The SMILES string of the molecule is COCOc1ccc(CCCOCc2ccc(OC)cc2)c(CSc2ccccc2)c1C(=O)OC.COCOc1ccc(CCCOCc2ccc(OC)cc2)c(CSc2ccccc2)c1C(=O)OCC[Si](C)(C)C. The van der Waals surface area contributed by atoms with Gasteiger partial charge in [0, 0.05) is 56.8 Å². The normalized spacial score (nSPS) is 11.0. The number of hydrogen-bond donors (Lipinski definition) is 0. The Morgan fingerprint density at radius 3 is 1.31 bits per heavy atom. The Labute approximate surface area is 454 Å². The van der Waals surface area contributed by atoms with Crippen molar-refractivity contribution in [2.24, 2.45) is 0 Å². The summed E-state index contributed by atoms with van der Waals surface area (Å²) in [5, 5.41) is 0. The van der Waals surface area contributed by atoms with Crippen molar-refractivity contribution in [3.8, 4) is 23.0 Å². The van der Waals surface area contributed by atoms with Gasteiger partial charge in [-0.1, -0.05) is 92.4 Å². The van der Waals surface area contributed by atoms with Crippen molar-refractivity contribution in [2.75, 3.05) is 69.0 Å². The Kier molecular flexibility index (Phi) is 26.7. The molecular formula is C60H74O12S2Si. The van der Waals surface area contributed by atoms with Crippen LogP contribution < -0.4 is 18.9 Å². The molecule has 0 fully saturated rings. The molecule has 6 rings (SSSR count). The number of benzene rings is 6. The molecule has 402 valence electrons. The van der Waals surface area contributed by atoms with Crippen LogP contribution in [0.5, 0.6) is 23.0 Å². The number of hydrogen-bond acceptors (Lipinski definition) is 14. The van der Waals surface area contributed by atoms with Gasteiger partial charge in [-0.05, 0) is 126 Å². The van der Waals surface area contributed by atoms with E-state index in [9.17, 15) is 9.59 Å². The van der Waals surface area contributed by atoms with Crippen LogP contribution in [-0.2, 0) is 66.0 Å². The minimum absolute atomic E-state index is 0.0494. The van der Waals surface area contributed by atoms with Gasteiger partial charge in [0.05, 0.1) is 41.2 Å². The molecule has 12 nitrogen and oxygen atoms in total. The van der Waals surface area contributed by atoms with Crippen LogP contribution in [0.15, 0.2) is 143 Å². The standard InChI is InChI=1S/C32H42O6SSi.C28H32O6S/c1-34-24-38-30-18-15-26(10-9-19-36-22-25-13-16-27(35-2)17-14-25)29(23-39-28-11-7-6-8-12-28)31(30)32(33)37-20-21-40(3,4)5;1-30-20-34-26-16-13-22(8-7-17-33-18-21-11-14-23(31-2)15-12-21)25(27(26)28(29)32-3)19-35-24-9-5-4-6-10-24/h6-8,11-18H,9-10,19-24H2,1-5H3;4-6,9-16H,7-8,17-20H2,1-3H3. The van der Waals surface area contributed by atoms with E-state index in [1.807, 2.05) is 109 Å². The van der Waals surface area contributed by atoms with Gasteiger partial charge in [0.25, 0.3) is 0 Å². The third-order valence-electron chi connectivity index (χ3n) is 11.7. The minimum Gasteiger partial charge on any atom is -0.497 e. The number of esters is 2. The lowest BCUT2D eigenvalue weighted by Crippen LogP contribution is -2.23. The molecule has 0 bridgehead atoms. The minimum atomic E-state index is -1.35. The fourth-order valence-corrected chi connectivity index (χ4v) is 10.3. The van der Waals surface area contributed by atoms with Gasteiger partial charge in [-0.2, -0.15) is 0 Å². The lowest BCUT2D eigenvalue weighted by Gasteiger charge is -2.20. The van der Waals surface area contributed by atoms with Crippen molar-refractivity contribution in [1.82, 2.24) is 0 Å². The molecule has 0 amide bonds. The van der Waals surface area contributed by atoms with Crippen molar-refractivity contribution < 1.29 is 57.0 Å². The Morgan fingerprint density at radius 1 is 0.493 bits per heavy atom. The largest absolute Gasteiger partial charge is 0.497 e. The van der Waals surface area contributed by atoms with Gasteiger partial charge >= 0.3 is 11.9 Å². The molecule has 75 heavy (non-hydrogen) atoms. The number of methoxy groups -OCH3 is 5. The second-order valence-electron chi connectivity index (χ2n) is 18.4. The van der Waals surface area contributed by atoms with Gasteiger partial charge in [-0.3, -0.25) is 0 Å². The van der Waals surface area contributed by atoms with Crippen LogP contribution >= 0.6 is 23.5 Å². The molecule has 6 aromatic carbocycles. The maximum atomic E-state index is 13.5. The number of carbonyl (C=O) groups is 2. The fourth-order valence-electron chi connectivity index (χ4n) is 7.59. The van der Waals surface area contributed by atoms with E-state index in [0.29, 0.717) is 67.2 Å². The first kappa shape index (κ1) is 60.1. The molecule has 0 spiro atoms. The van der Waals surface area contributed by atoms with E-state index in [1.165, 1.54) is 7.11 Å². The summed E-state index contributed by atoms with van der Waals surface area (Å²) in [5.74, 6) is 3.08. The smallest absolute Gasteiger partial charge is 0.342 e. The van der Waals surface area contributed by atoms with E-state index in [0.717, 1.165) is 86.4 Å². The van der Waals surface area contributed by atoms with Gasteiger partial charge in [0.15, 0.2) is 13.6 Å². The first-order valence-electron chi connectivity index (χ1n) is 25.0. The van der Waals surface area contributed by atoms with Crippen LogP contribution in [0.4, 0.5) is 0 Å². The van der Waals surface area contributed by atoms with Crippen LogP contribution in [-0.4, -0.2) is 89.0 Å². The molecule has 6 aromatic rings. The molecule has 0 heterocycles. The monoisotopic (exact) mass is 1080 g/mol. The molecular weight excluding hydrogens is 1000 g/mol. The molecule has 0 aromatic heterocycles. The van der Waals surface area contributed by atoms with Crippen LogP contribution in [0.2, 0.25) is 25.7 Å².